The maximum absolute atomic E-state index is 13.6. The topological polar surface area (TPSA) is 111 Å². The van der Waals surface area contributed by atoms with E-state index in [1.807, 2.05) is 0 Å². The number of amides is 2. The highest BCUT2D eigenvalue weighted by atomic mass is 19.4. The first-order valence-corrected chi connectivity index (χ1v) is 10.9. The van der Waals surface area contributed by atoms with Crippen molar-refractivity contribution in [3.63, 3.8) is 0 Å². The molecule has 0 saturated carbocycles. The summed E-state index contributed by atoms with van der Waals surface area (Å²) in [6.45, 7) is 2.98. The van der Waals surface area contributed by atoms with Gasteiger partial charge in [0.05, 0.1) is 29.7 Å². The molecule has 0 aliphatic carbocycles. The number of carbonyl (C=O) groups is 3. The van der Waals surface area contributed by atoms with E-state index in [2.05, 4.69) is 5.10 Å². The smallest absolute Gasteiger partial charge is 0.416 e. The Labute approximate surface area is 204 Å². The van der Waals surface area contributed by atoms with Crippen molar-refractivity contribution in [1.29, 1.82) is 0 Å². The summed E-state index contributed by atoms with van der Waals surface area (Å²) >= 11 is 0. The molecule has 2 amide bonds. The number of alkyl halides is 3. The lowest BCUT2D eigenvalue weighted by atomic mass is 10.2. The number of hydrogen-bond donors (Lipinski definition) is 1. The molecule has 3 aromatic rings. The quantitative estimate of drug-likeness (QED) is 0.227. The number of carbonyl (C=O) groups excluding carboxylic acids is 3. The van der Waals surface area contributed by atoms with Gasteiger partial charge in [-0.3, -0.25) is 14.4 Å². The number of nitrogen functional groups attached to an aromatic ring is 1. The maximum Gasteiger partial charge on any atom is 0.416 e. The largest absolute Gasteiger partial charge is 0.466 e. The summed E-state index contributed by atoms with van der Waals surface area (Å²) in [7, 11) is 0. The van der Waals surface area contributed by atoms with Crippen LogP contribution in [0.5, 0.6) is 0 Å². The first-order chi connectivity index (χ1) is 17.1. The van der Waals surface area contributed by atoms with E-state index < -0.39 is 35.9 Å². The first-order valence-electron chi connectivity index (χ1n) is 10.9. The summed E-state index contributed by atoms with van der Waals surface area (Å²) in [4.78, 5) is 38.8. The fourth-order valence-corrected chi connectivity index (χ4v) is 3.44. The van der Waals surface area contributed by atoms with Gasteiger partial charge >= 0.3 is 12.1 Å². The molecular formula is C24H24F3N5O4. The van der Waals surface area contributed by atoms with Crippen LogP contribution in [0.2, 0.25) is 0 Å². The van der Waals surface area contributed by atoms with E-state index in [0.717, 1.165) is 28.2 Å². The van der Waals surface area contributed by atoms with Gasteiger partial charge in [-0.05, 0) is 62.4 Å². The highest BCUT2D eigenvalue weighted by molar-refractivity contribution is 6.06. The third-order valence-corrected chi connectivity index (χ3v) is 5.03. The number of rotatable bonds is 7. The van der Waals surface area contributed by atoms with Gasteiger partial charge in [0.2, 0.25) is 0 Å². The predicted octanol–water partition coefficient (Wildman–Crippen LogP) is 3.84. The fourth-order valence-electron chi connectivity index (χ4n) is 3.44. The Kier molecular flexibility index (Phi) is 7.97. The Morgan fingerprint density at radius 3 is 2.36 bits per heavy atom. The van der Waals surface area contributed by atoms with Gasteiger partial charge in [0.1, 0.15) is 12.1 Å². The minimum atomic E-state index is -4.69. The summed E-state index contributed by atoms with van der Waals surface area (Å²) in [6, 6.07) is 11.8. The highest BCUT2D eigenvalue weighted by Gasteiger charge is 2.34. The Balaban J connectivity index is 2.07. The zero-order valence-electron chi connectivity index (χ0n) is 19.5. The fraction of sp³-hybridized carbons (Fsp3) is 0.250. The monoisotopic (exact) mass is 503 g/mol. The molecule has 0 aliphatic rings. The van der Waals surface area contributed by atoms with Crippen LogP contribution < -0.4 is 10.7 Å². The Hall–Kier alpha value is -4.35. The number of hydrazine groups is 1. The lowest BCUT2D eigenvalue weighted by Crippen LogP contribution is -2.51. The summed E-state index contributed by atoms with van der Waals surface area (Å²) in [5.41, 5.74) is 5.48. The number of aromatic nitrogens is 2. The van der Waals surface area contributed by atoms with E-state index in [0.29, 0.717) is 11.4 Å². The van der Waals surface area contributed by atoms with Crippen molar-refractivity contribution in [1.82, 2.24) is 14.8 Å². The molecule has 1 aromatic heterocycles. The third kappa shape index (κ3) is 5.82. The molecule has 12 heteroatoms. The van der Waals surface area contributed by atoms with Gasteiger partial charge in [-0.2, -0.15) is 18.3 Å². The van der Waals surface area contributed by atoms with Crippen molar-refractivity contribution in [3.8, 4) is 5.69 Å². The predicted molar refractivity (Wildman–Crippen MR) is 125 cm³/mol. The molecule has 0 bridgehead atoms. The molecule has 0 saturated heterocycles. The molecule has 0 fully saturated rings. The number of nitrogens with zero attached hydrogens (tertiary/aromatic N) is 4. The SMILES string of the molecule is CCOC(=O)CC(=O)N(c1cccc(C(F)(F)F)c1)N(CC)C(=O)c1ccnn1-c1ccc(N)cc1. The van der Waals surface area contributed by atoms with Crippen molar-refractivity contribution >= 4 is 29.2 Å². The molecule has 2 N–H and O–H groups in total. The second-order valence-corrected chi connectivity index (χ2v) is 7.48. The molecule has 0 spiro atoms. The van der Waals surface area contributed by atoms with E-state index in [4.69, 9.17) is 10.5 Å². The zero-order valence-corrected chi connectivity index (χ0v) is 19.5. The Morgan fingerprint density at radius 1 is 1.06 bits per heavy atom. The summed E-state index contributed by atoms with van der Waals surface area (Å²) in [6.07, 6.45) is -4.11. The van der Waals surface area contributed by atoms with Crippen LogP contribution in [-0.4, -0.2) is 45.7 Å². The normalized spacial score (nSPS) is 11.1. The third-order valence-electron chi connectivity index (χ3n) is 5.03. The molecule has 1 heterocycles. The van der Waals surface area contributed by atoms with Crippen molar-refractivity contribution in [2.24, 2.45) is 0 Å². The number of benzene rings is 2. The van der Waals surface area contributed by atoms with Crippen LogP contribution >= 0.6 is 0 Å². The van der Waals surface area contributed by atoms with Crippen LogP contribution in [0.3, 0.4) is 0 Å². The van der Waals surface area contributed by atoms with Gasteiger partial charge in [0.15, 0.2) is 0 Å². The second kappa shape index (κ2) is 10.9. The maximum atomic E-state index is 13.6. The van der Waals surface area contributed by atoms with E-state index in [1.54, 1.807) is 38.1 Å². The van der Waals surface area contributed by atoms with Gasteiger partial charge in [0.25, 0.3) is 11.8 Å². The molecule has 0 radical (unpaired) electrons. The average Bonchev–Trinajstić information content (AvgIpc) is 3.32. The summed E-state index contributed by atoms with van der Waals surface area (Å²) in [5, 5.41) is 5.86. The van der Waals surface area contributed by atoms with Gasteiger partial charge in [0, 0.05) is 12.2 Å². The van der Waals surface area contributed by atoms with Crippen LogP contribution in [0.15, 0.2) is 60.8 Å². The van der Waals surface area contributed by atoms with E-state index in [9.17, 15) is 27.6 Å². The molecule has 0 unspecified atom stereocenters. The summed E-state index contributed by atoms with van der Waals surface area (Å²) < 4.78 is 46.3. The minimum Gasteiger partial charge on any atom is -0.466 e. The summed E-state index contributed by atoms with van der Waals surface area (Å²) in [5.74, 6) is -2.56. The lowest BCUT2D eigenvalue weighted by Gasteiger charge is -2.34. The van der Waals surface area contributed by atoms with Crippen LogP contribution in [0.1, 0.15) is 36.3 Å². The molecule has 2 aromatic carbocycles. The van der Waals surface area contributed by atoms with E-state index in [1.165, 1.54) is 23.0 Å². The molecule has 36 heavy (non-hydrogen) atoms. The van der Waals surface area contributed by atoms with Crippen molar-refractivity contribution < 1.29 is 32.3 Å². The van der Waals surface area contributed by atoms with E-state index >= 15 is 0 Å². The molecule has 3 rings (SSSR count). The van der Waals surface area contributed by atoms with E-state index in [-0.39, 0.29) is 24.5 Å². The Bertz CT molecular complexity index is 1240. The van der Waals surface area contributed by atoms with Crippen molar-refractivity contribution in [3.05, 3.63) is 72.1 Å². The van der Waals surface area contributed by atoms with Gasteiger partial charge in [-0.15, -0.1) is 0 Å². The molecule has 9 nitrogen and oxygen atoms in total. The first kappa shape index (κ1) is 26.3. The number of ether oxygens (including phenoxy) is 1. The molecule has 0 aliphatic heterocycles. The number of esters is 1. The van der Waals surface area contributed by atoms with Gasteiger partial charge < -0.3 is 10.5 Å². The van der Waals surface area contributed by atoms with Gasteiger partial charge in [-0.25, -0.2) is 14.7 Å². The Morgan fingerprint density at radius 2 is 1.75 bits per heavy atom. The van der Waals surface area contributed by atoms with Crippen LogP contribution in [0.4, 0.5) is 24.5 Å². The number of anilines is 2. The second-order valence-electron chi connectivity index (χ2n) is 7.48. The number of halogens is 3. The lowest BCUT2D eigenvalue weighted by molar-refractivity contribution is -0.146. The zero-order chi connectivity index (χ0) is 26.5. The van der Waals surface area contributed by atoms with Crippen LogP contribution in [-0.2, 0) is 20.5 Å². The van der Waals surface area contributed by atoms with Crippen LogP contribution in [0, 0.1) is 0 Å². The number of nitrogens with two attached hydrogens (primary N) is 1. The minimum absolute atomic E-state index is 0.00681. The standard InChI is InChI=1S/C24H24F3N5O4/c1-3-30(23(35)20-12-13-29-31(20)18-10-8-17(28)9-11-18)32(21(33)15-22(34)36-4-2)19-7-5-6-16(14-19)24(25,26)27/h5-14H,3-4,15,28H2,1-2H3. The molecule has 190 valence electrons. The van der Waals surface area contributed by atoms with Gasteiger partial charge in [-0.1, -0.05) is 6.07 Å². The highest BCUT2D eigenvalue weighted by Crippen LogP contribution is 2.32. The molecule has 0 atom stereocenters. The number of hydrogen-bond acceptors (Lipinski definition) is 6. The van der Waals surface area contributed by atoms with Crippen LogP contribution in [0.25, 0.3) is 5.69 Å². The van der Waals surface area contributed by atoms with Crippen molar-refractivity contribution in [2.75, 3.05) is 23.9 Å². The average molecular weight is 503 g/mol. The molecular weight excluding hydrogens is 479 g/mol. The van der Waals surface area contributed by atoms with Crippen molar-refractivity contribution in [2.45, 2.75) is 26.4 Å².